The number of thiocarbonyl (C=S) groups is 1. The molecule has 0 aliphatic rings. The van der Waals surface area contributed by atoms with Crippen LogP contribution in [0.5, 0.6) is 17.2 Å². The van der Waals surface area contributed by atoms with Crippen LogP contribution in [-0.2, 0) is 10.0 Å². The fourth-order valence-corrected chi connectivity index (χ4v) is 4.24. The third-order valence-electron chi connectivity index (χ3n) is 4.51. The molecule has 0 aromatic heterocycles. The van der Waals surface area contributed by atoms with E-state index in [2.05, 4.69) is 15.4 Å². The number of methoxy groups -OCH3 is 2. The van der Waals surface area contributed by atoms with Crippen LogP contribution in [0.3, 0.4) is 0 Å². The molecule has 0 amide bonds. The summed E-state index contributed by atoms with van der Waals surface area (Å²) in [6.07, 6.45) is 0. The first-order valence-corrected chi connectivity index (χ1v) is 11.9. The molecular formula is C23H25N3O5S2. The van der Waals surface area contributed by atoms with E-state index in [0.717, 1.165) is 0 Å². The Labute approximate surface area is 198 Å². The van der Waals surface area contributed by atoms with Gasteiger partial charge in [-0.15, -0.1) is 0 Å². The Morgan fingerprint density at radius 3 is 2.18 bits per heavy atom. The van der Waals surface area contributed by atoms with Crippen molar-refractivity contribution in [2.24, 2.45) is 0 Å². The van der Waals surface area contributed by atoms with Gasteiger partial charge in [0.15, 0.2) is 5.11 Å². The molecule has 0 saturated carbocycles. The van der Waals surface area contributed by atoms with Crippen LogP contribution in [0, 0.1) is 0 Å². The second-order valence-corrected chi connectivity index (χ2v) is 8.80. The van der Waals surface area contributed by atoms with Crippen molar-refractivity contribution in [3.8, 4) is 17.2 Å². The van der Waals surface area contributed by atoms with Crippen LogP contribution in [0.15, 0.2) is 71.6 Å². The Morgan fingerprint density at radius 1 is 0.879 bits per heavy atom. The molecule has 0 fully saturated rings. The lowest BCUT2D eigenvalue weighted by molar-refractivity contribution is 0.342. The minimum Gasteiger partial charge on any atom is -0.497 e. The van der Waals surface area contributed by atoms with Gasteiger partial charge >= 0.3 is 0 Å². The highest BCUT2D eigenvalue weighted by molar-refractivity contribution is 7.92. The smallest absolute Gasteiger partial charge is 0.262 e. The van der Waals surface area contributed by atoms with Gasteiger partial charge in [-0.2, -0.15) is 0 Å². The third-order valence-corrected chi connectivity index (χ3v) is 6.09. The molecule has 0 bridgehead atoms. The molecule has 0 unspecified atom stereocenters. The average molecular weight is 488 g/mol. The summed E-state index contributed by atoms with van der Waals surface area (Å²) in [5.41, 5.74) is 1.63. The van der Waals surface area contributed by atoms with Crippen molar-refractivity contribution < 1.29 is 22.6 Å². The molecule has 10 heteroatoms. The van der Waals surface area contributed by atoms with Crippen molar-refractivity contribution in [2.75, 3.05) is 36.2 Å². The molecule has 0 spiro atoms. The van der Waals surface area contributed by atoms with E-state index in [1.807, 2.05) is 31.2 Å². The molecular weight excluding hydrogens is 462 g/mol. The highest BCUT2D eigenvalue weighted by Crippen LogP contribution is 2.30. The van der Waals surface area contributed by atoms with E-state index < -0.39 is 10.0 Å². The molecule has 8 nitrogen and oxygen atoms in total. The largest absolute Gasteiger partial charge is 0.497 e. The van der Waals surface area contributed by atoms with Crippen molar-refractivity contribution in [3.05, 3.63) is 66.7 Å². The standard InChI is InChI=1S/C23H25N3O5S2/c1-4-31-21-8-6-5-7-19(21)24-23(32)25-20-14-13-18(15-22(20)30-3)33(27,28)26-16-9-11-17(29-2)12-10-16/h5-15,26H,4H2,1-3H3,(H2,24,25,32). The SMILES string of the molecule is CCOc1ccccc1NC(=S)Nc1ccc(S(=O)(=O)Nc2ccc(OC)cc2)cc1OC. The fourth-order valence-electron chi connectivity index (χ4n) is 2.94. The van der Waals surface area contributed by atoms with Gasteiger partial charge in [0.05, 0.1) is 37.1 Å². The number of anilines is 3. The average Bonchev–Trinajstić information content (AvgIpc) is 2.81. The summed E-state index contributed by atoms with van der Waals surface area (Å²) in [5, 5.41) is 6.41. The summed E-state index contributed by atoms with van der Waals surface area (Å²) in [6.45, 7) is 2.42. The Bertz CT molecular complexity index is 1220. The lowest BCUT2D eigenvalue weighted by atomic mass is 10.3. The van der Waals surface area contributed by atoms with Gasteiger partial charge in [0.25, 0.3) is 10.0 Å². The van der Waals surface area contributed by atoms with Gasteiger partial charge in [-0.1, -0.05) is 12.1 Å². The van der Waals surface area contributed by atoms with Crippen LogP contribution >= 0.6 is 12.2 Å². The summed E-state index contributed by atoms with van der Waals surface area (Å²) in [4.78, 5) is 0.0429. The zero-order valence-corrected chi connectivity index (χ0v) is 20.0. The molecule has 0 aliphatic carbocycles. The van der Waals surface area contributed by atoms with E-state index in [1.54, 1.807) is 37.4 Å². The van der Waals surface area contributed by atoms with Crippen molar-refractivity contribution in [1.82, 2.24) is 0 Å². The molecule has 174 valence electrons. The molecule has 0 radical (unpaired) electrons. The maximum atomic E-state index is 12.8. The number of rotatable bonds is 9. The van der Waals surface area contributed by atoms with Crippen molar-refractivity contribution in [3.63, 3.8) is 0 Å². The van der Waals surface area contributed by atoms with E-state index in [1.165, 1.54) is 19.2 Å². The van der Waals surface area contributed by atoms with E-state index in [9.17, 15) is 8.42 Å². The normalized spacial score (nSPS) is 10.8. The molecule has 3 aromatic rings. The van der Waals surface area contributed by atoms with E-state index in [4.69, 9.17) is 26.4 Å². The summed E-state index contributed by atoms with van der Waals surface area (Å²) in [6, 6.07) is 18.5. The summed E-state index contributed by atoms with van der Waals surface area (Å²) < 4.78 is 44.3. The molecule has 3 N–H and O–H groups in total. The van der Waals surface area contributed by atoms with E-state index in [-0.39, 0.29) is 4.90 Å². The second-order valence-electron chi connectivity index (χ2n) is 6.70. The second kappa shape index (κ2) is 10.9. The zero-order valence-electron chi connectivity index (χ0n) is 18.4. The van der Waals surface area contributed by atoms with Gasteiger partial charge in [-0.05, 0) is 67.7 Å². The summed E-state index contributed by atoms with van der Waals surface area (Å²) in [7, 11) is -0.840. The predicted molar refractivity (Wildman–Crippen MR) is 134 cm³/mol. The van der Waals surface area contributed by atoms with Crippen molar-refractivity contribution in [1.29, 1.82) is 0 Å². The number of para-hydroxylation sites is 2. The van der Waals surface area contributed by atoms with Crippen LogP contribution < -0.4 is 29.6 Å². The molecule has 0 saturated heterocycles. The molecule has 3 aromatic carbocycles. The quantitative estimate of drug-likeness (QED) is 0.373. The van der Waals surface area contributed by atoms with Gasteiger partial charge in [-0.25, -0.2) is 8.42 Å². The number of ether oxygens (including phenoxy) is 3. The number of benzene rings is 3. The topological polar surface area (TPSA) is 97.9 Å². The van der Waals surface area contributed by atoms with Gasteiger partial charge in [0, 0.05) is 11.8 Å². The van der Waals surface area contributed by atoms with Crippen LogP contribution in [0.1, 0.15) is 6.92 Å². The molecule has 0 atom stereocenters. The minimum absolute atomic E-state index is 0.0429. The number of hydrogen-bond acceptors (Lipinski definition) is 6. The number of hydrogen-bond donors (Lipinski definition) is 3. The number of sulfonamides is 1. The van der Waals surface area contributed by atoms with Gasteiger partial charge in [0.1, 0.15) is 17.2 Å². The van der Waals surface area contributed by atoms with Gasteiger partial charge < -0.3 is 24.8 Å². The Kier molecular flexibility index (Phi) is 7.96. The highest BCUT2D eigenvalue weighted by atomic mass is 32.2. The first-order chi connectivity index (χ1) is 15.9. The first-order valence-electron chi connectivity index (χ1n) is 10.0. The molecule has 33 heavy (non-hydrogen) atoms. The van der Waals surface area contributed by atoms with Crippen LogP contribution in [0.4, 0.5) is 17.1 Å². The lowest BCUT2D eigenvalue weighted by Crippen LogP contribution is -2.20. The molecule has 3 rings (SSSR count). The fraction of sp³-hybridized carbons (Fsp3) is 0.174. The maximum absolute atomic E-state index is 12.8. The van der Waals surface area contributed by atoms with Gasteiger partial charge in [0.2, 0.25) is 0 Å². The summed E-state index contributed by atoms with van der Waals surface area (Å²) >= 11 is 5.41. The zero-order chi connectivity index (χ0) is 23.8. The van der Waals surface area contributed by atoms with Gasteiger partial charge in [-0.3, -0.25) is 4.72 Å². The lowest BCUT2D eigenvalue weighted by Gasteiger charge is -2.16. The predicted octanol–water partition coefficient (Wildman–Crippen LogP) is 4.71. The maximum Gasteiger partial charge on any atom is 0.262 e. The Morgan fingerprint density at radius 2 is 1.55 bits per heavy atom. The van der Waals surface area contributed by atoms with E-state index >= 15 is 0 Å². The highest BCUT2D eigenvalue weighted by Gasteiger charge is 2.18. The van der Waals surface area contributed by atoms with Crippen LogP contribution in [0.2, 0.25) is 0 Å². The minimum atomic E-state index is -3.83. The first kappa shape index (κ1) is 24.1. The molecule has 0 aliphatic heterocycles. The Hall–Kier alpha value is -3.50. The Balaban J connectivity index is 1.75. The monoisotopic (exact) mass is 487 g/mol. The van der Waals surface area contributed by atoms with Crippen LogP contribution in [-0.4, -0.2) is 34.4 Å². The van der Waals surface area contributed by atoms with Crippen molar-refractivity contribution >= 4 is 44.4 Å². The molecule has 0 heterocycles. The third kappa shape index (κ3) is 6.27. The van der Waals surface area contributed by atoms with E-state index in [0.29, 0.717) is 46.0 Å². The van der Waals surface area contributed by atoms with Crippen LogP contribution in [0.25, 0.3) is 0 Å². The number of nitrogens with one attached hydrogen (secondary N) is 3. The van der Waals surface area contributed by atoms with Crippen molar-refractivity contribution in [2.45, 2.75) is 11.8 Å². The summed E-state index contributed by atoms with van der Waals surface area (Å²) in [5.74, 6) is 1.61.